The molecule has 1 amide bonds. The Morgan fingerprint density at radius 2 is 2.00 bits per heavy atom. The molecule has 7 nitrogen and oxygen atoms in total. The van der Waals surface area contributed by atoms with Gasteiger partial charge in [-0.3, -0.25) is 9.20 Å². The van der Waals surface area contributed by atoms with Gasteiger partial charge in [-0.05, 0) is 26.8 Å². The van der Waals surface area contributed by atoms with E-state index in [0.717, 1.165) is 28.4 Å². The monoisotopic (exact) mass is 432 g/mol. The number of halogens is 4. The first-order chi connectivity index (χ1) is 13.1. The van der Waals surface area contributed by atoms with Crippen molar-refractivity contribution in [1.82, 2.24) is 24.4 Å². The zero-order chi connectivity index (χ0) is 20.6. The van der Waals surface area contributed by atoms with Gasteiger partial charge in [0.2, 0.25) is 5.91 Å². The van der Waals surface area contributed by atoms with Crippen LogP contribution < -0.4 is 5.32 Å². The summed E-state index contributed by atoms with van der Waals surface area (Å²) < 4.78 is 41.9. The maximum atomic E-state index is 13.0. The molecule has 0 saturated carbocycles. The lowest BCUT2D eigenvalue weighted by Gasteiger charge is -2.14. The summed E-state index contributed by atoms with van der Waals surface area (Å²) in [7, 11) is 0. The van der Waals surface area contributed by atoms with Crippen molar-refractivity contribution in [1.29, 1.82) is 0 Å². The van der Waals surface area contributed by atoms with Crippen molar-refractivity contribution in [2.45, 2.75) is 43.4 Å². The minimum absolute atomic E-state index is 0.0524. The number of hydrogen-bond donors (Lipinski definition) is 1. The molecule has 12 heteroatoms. The van der Waals surface area contributed by atoms with Gasteiger partial charge in [0.25, 0.3) is 0 Å². The van der Waals surface area contributed by atoms with Crippen LogP contribution in [0.3, 0.4) is 0 Å². The molecule has 150 valence electrons. The highest BCUT2D eigenvalue weighted by atomic mass is 35.5. The van der Waals surface area contributed by atoms with Crippen LogP contribution in [0.15, 0.2) is 29.7 Å². The van der Waals surface area contributed by atoms with E-state index in [1.165, 1.54) is 0 Å². The first-order valence-corrected chi connectivity index (χ1v) is 9.46. The smallest absolute Gasteiger partial charge is 0.310 e. The number of nitrogens with one attached hydrogen (secondary N) is 1. The van der Waals surface area contributed by atoms with Crippen LogP contribution in [-0.2, 0) is 11.0 Å². The number of thioether (sulfide) groups is 1. The van der Waals surface area contributed by atoms with Gasteiger partial charge in [-0.2, -0.15) is 18.3 Å². The number of carbonyl (C=O) groups excluding carboxylic acids is 1. The van der Waals surface area contributed by atoms with E-state index < -0.39 is 17.0 Å². The van der Waals surface area contributed by atoms with Crippen LogP contribution in [0.4, 0.5) is 19.0 Å². The standard InChI is InChI=1S/C16H16ClF3N6OS/c1-8(2)26-12(4-5-21-26)22-14(27)9(3)28-15-24-23-13-11(17)6-10(7-25(13)15)16(18,19)20/h4-9H,1-3H3,(H,22,27). The molecule has 0 fully saturated rings. The third kappa shape index (κ3) is 4.09. The van der Waals surface area contributed by atoms with Crippen LogP contribution in [0.1, 0.15) is 32.4 Å². The van der Waals surface area contributed by atoms with E-state index in [9.17, 15) is 18.0 Å². The largest absolute Gasteiger partial charge is 0.417 e. The van der Waals surface area contributed by atoms with Gasteiger partial charge < -0.3 is 5.32 Å². The lowest BCUT2D eigenvalue weighted by atomic mass is 10.3. The molecule has 1 unspecified atom stereocenters. The maximum absolute atomic E-state index is 13.0. The van der Waals surface area contributed by atoms with Gasteiger partial charge in [-0.15, -0.1) is 10.2 Å². The molecule has 0 aliphatic carbocycles. The molecule has 0 aromatic carbocycles. The molecule has 3 rings (SSSR count). The molecule has 0 radical (unpaired) electrons. The number of alkyl halides is 3. The van der Waals surface area contributed by atoms with E-state index in [1.807, 2.05) is 13.8 Å². The maximum Gasteiger partial charge on any atom is 0.417 e. The predicted octanol–water partition coefficient (Wildman–Crippen LogP) is 4.30. The number of fused-ring (bicyclic) bond motifs is 1. The summed E-state index contributed by atoms with van der Waals surface area (Å²) in [6.45, 7) is 5.46. The van der Waals surface area contributed by atoms with Crippen molar-refractivity contribution in [2.75, 3.05) is 5.32 Å². The first kappa shape index (κ1) is 20.5. The van der Waals surface area contributed by atoms with E-state index in [2.05, 4.69) is 20.6 Å². The first-order valence-electron chi connectivity index (χ1n) is 8.20. The van der Waals surface area contributed by atoms with E-state index in [1.54, 1.807) is 23.9 Å². The summed E-state index contributed by atoms with van der Waals surface area (Å²) in [6.07, 6.45) is -2.13. The number of aromatic nitrogens is 5. The van der Waals surface area contributed by atoms with Crippen molar-refractivity contribution >= 4 is 40.7 Å². The fourth-order valence-electron chi connectivity index (χ4n) is 2.43. The Kier molecular flexibility index (Phi) is 5.57. The molecule has 0 saturated heterocycles. The molecule has 0 aliphatic heterocycles. The third-order valence-corrected chi connectivity index (χ3v) is 5.15. The second kappa shape index (κ2) is 7.63. The van der Waals surface area contributed by atoms with Gasteiger partial charge in [0, 0.05) is 18.3 Å². The highest BCUT2D eigenvalue weighted by Gasteiger charge is 2.32. The number of nitrogens with zero attached hydrogens (tertiary/aromatic N) is 5. The van der Waals surface area contributed by atoms with Gasteiger partial charge in [0.15, 0.2) is 10.8 Å². The normalized spacial score (nSPS) is 13.3. The fraction of sp³-hybridized carbons (Fsp3) is 0.375. The SMILES string of the molecule is CC(Sc1nnc2c(Cl)cc(C(F)(F)F)cn12)C(=O)Nc1ccnn1C(C)C. The second-order valence-electron chi connectivity index (χ2n) is 6.25. The Labute approximate surface area is 167 Å². The van der Waals surface area contributed by atoms with Gasteiger partial charge in [-0.1, -0.05) is 23.4 Å². The molecule has 3 aromatic heterocycles. The quantitative estimate of drug-likeness (QED) is 0.608. The number of carbonyl (C=O) groups is 1. The van der Waals surface area contributed by atoms with Gasteiger partial charge in [0.1, 0.15) is 5.82 Å². The molecule has 0 bridgehead atoms. The Balaban J connectivity index is 1.82. The molecular formula is C16H16ClF3N6OS. The minimum Gasteiger partial charge on any atom is -0.310 e. The summed E-state index contributed by atoms with van der Waals surface area (Å²) in [6, 6.07) is 2.51. The minimum atomic E-state index is -4.57. The van der Waals surface area contributed by atoms with Crippen LogP contribution in [0.2, 0.25) is 5.02 Å². The van der Waals surface area contributed by atoms with Crippen LogP contribution in [0, 0.1) is 0 Å². The van der Waals surface area contributed by atoms with Crippen molar-refractivity contribution in [3.8, 4) is 0 Å². The summed E-state index contributed by atoms with van der Waals surface area (Å²) >= 11 is 6.87. The van der Waals surface area contributed by atoms with Crippen LogP contribution >= 0.6 is 23.4 Å². The molecular weight excluding hydrogens is 417 g/mol. The van der Waals surface area contributed by atoms with Crippen molar-refractivity contribution in [2.24, 2.45) is 0 Å². The zero-order valence-corrected chi connectivity index (χ0v) is 16.6. The topological polar surface area (TPSA) is 77.1 Å². The van der Waals surface area contributed by atoms with E-state index in [0.29, 0.717) is 5.82 Å². The van der Waals surface area contributed by atoms with Crippen LogP contribution in [0.25, 0.3) is 5.65 Å². The van der Waals surface area contributed by atoms with Crippen molar-refractivity contribution < 1.29 is 18.0 Å². The van der Waals surface area contributed by atoms with Crippen LogP contribution in [0.5, 0.6) is 0 Å². The molecule has 28 heavy (non-hydrogen) atoms. The second-order valence-corrected chi connectivity index (χ2v) is 7.97. The average Bonchev–Trinajstić information content (AvgIpc) is 3.21. The van der Waals surface area contributed by atoms with Gasteiger partial charge in [-0.25, -0.2) is 4.68 Å². The summed E-state index contributed by atoms with van der Waals surface area (Å²) in [5.41, 5.74) is -0.841. The predicted molar refractivity (Wildman–Crippen MR) is 99.6 cm³/mol. The molecule has 3 heterocycles. The van der Waals surface area contributed by atoms with Crippen molar-refractivity contribution in [3.05, 3.63) is 35.1 Å². The number of hydrogen-bond acceptors (Lipinski definition) is 5. The van der Waals surface area contributed by atoms with Gasteiger partial charge >= 0.3 is 6.18 Å². The average molecular weight is 433 g/mol. The Morgan fingerprint density at radius 1 is 1.29 bits per heavy atom. The molecule has 1 atom stereocenters. The number of rotatable bonds is 5. The Hall–Kier alpha value is -2.27. The summed E-state index contributed by atoms with van der Waals surface area (Å²) in [4.78, 5) is 12.5. The Morgan fingerprint density at radius 3 is 2.64 bits per heavy atom. The molecule has 3 aromatic rings. The van der Waals surface area contributed by atoms with E-state index >= 15 is 0 Å². The zero-order valence-electron chi connectivity index (χ0n) is 15.0. The lowest BCUT2D eigenvalue weighted by molar-refractivity contribution is -0.137. The highest BCUT2D eigenvalue weighted by molar-refractivity contribution is 8.00. The summed E-state index contributed by atoms with van der Waals surface area (Å²) in [5, 5.41) is 13.9. The molecule has 0 spiro atoms. The third-order valence-electron chi connectivity index (χ3n) is 3.82. The van der Waals surface area contributed by atoms with E-state index in [4.69, 9.17) is 11.6 Å². The number of amides is 1. The van der Waals surface area contributed by atoms with Crippen molar-refractivity contribution in [3.63, 3.8) is 0 Å². The van der Waals surface area contributed by atoms with Crippen LogP contribution in [-0.4, -0.2) is 35.5 Å². The highest BCUT2D eigenvalue weighted by Crippen LogP contribution is 2.34. The lowest BCUT2D eigenvalue weighted by Crippen LogP contribution is -2.24. The van der Waals surface area contributed by atoms with E-state index in [-0.39, 0.29) is 27.8 Å². The molecule has 1 N–H and O–H groups in total. The number of pyridine rings is 1. The number of anilines is 1. The fourth-order valence-corrected chi connectivity index (χ4v) is 3.50. The Bertz CT molecular complexity index is 1020. The summed E-state index contributed by atoms with van der Waals surface area (Å²) in [5.74, 6) is 0.183. The van der Waals surface area contributed by atoms with Gasteiger partial charge in [0.05, 0.1) is 22.0 Å². The molecule has 0 aliphatic rings.